The molecule has 16 heavy (non-hydrogen) atoms. The van der Waals surface area contributed by atoms with Crippen molar-refractivity contribution < 1.29 is 22.0 Å². The van der Waals surface area contributed by atoms with Gasteiger partial charge < -0.3 is 8.85 Å². The summed E-state index contributed by atoms with van der Waals surface area (Å²) >= 11 is 0. The molecule has 0 amide bonds. The van der Waals surface area contributed by atoms with Crippen molar-refractivity contribution in [3.8, 4) is 0 Å². The van der Waals surface area contributed by atoms with Gasteiger partial charge in [0.15, 0.2) is 17.5 Å². The minimum Gasteiger partial charge on any atom is -0.398 e. The molecular formula is C10H13F3O2Si. The van der Waals surface area contributed by atoms with Gasteiger partial charge in [-0.3, -0.25) is 0 Å². The zero-order chi connectivity index (χ0) is 12.3. The summed E-state index contributed by atoms with van der Waals surface area (Å²) in [7, 11) is 0.499. The van der Waals surface area contributed by atoms with E-state index in [1.807, 2.05) is 0 Å². The molecule has 0 aliphatic carbocycles. The maximum Gasteiger partial charge on any atom is 0.338 e. The van der Waals surface area contributed by atoms with Crippen molar-refractivity contribution in [2.75, 3.05) is 14.2 Å². The highest BCUT2D eigenvalue weighted by atomic mass is 28.4. The van der Waals surface area contributed by atoms with Crippen LogP contribution in [-0.2, 0) is 14.9 Å². The van der Waals surface area contributed by atoms with Crippen molar-refractivity contribution in [1.29, 1.82) is 0 Å². The van der Waals surface area contributed by atoms with Crippen LogP contribution in [-0.4, -0.2) is 22.8 Å². The van der Waals surface area contributed by atoms with Gasteiger partial charge in [0.2, 0.25) is 0 Å². The smallest absolute Gasteiger partial charge is 0.338 e. The summed E-state index contributed by atoms with van der Waals surface area (Å²) in [6.07, 6.45) is 0. The van der Waals surface area contributed by atoms with Gasteiger partial charge in [-0.25, -0.2) is 13.2 Å². The van der Waals surface area contributed by atoms with Crippen LogP contribution in [0.15, 0.2) is 12.1 Å². The molecule has 0 aliphatic heterocycles. The molecule has 0 saturated carbocycles. The molecule has 0 radical (unpaired) electrons. The van der Waals surface area contributed by atoms with Crippen LogP contribution in [0.5, 0.6) is 0 Å². The highest BCUT2D eigenvalue weighted by molar-refractivity contribution is 6.65. The molecule has 0 N–H and O–H groups in total. The van der Waals surface area contributed by atoms with E-state index in [1.165, 1.54) is 14.2 Å². The molecule has 90 valence electrons. The molecule has 1 rings (SSSR count). The van der Waals surface area contributed by atoms with E-state index in [1.54, 1.807) is 6.55 Å². The van der Waals surface area contributed by atoms with Crippen LogP contribution >= 0.6 is 0 Å². The summed E-state index contributed by atoms with van der Waals surface area (Å²) < 4.78 is 48.9. The Morgan fingerprint density at radius 1 is 1.06 bits per heavy atom. The van der Waals surface area contributed by atoms with E-state index in [0.29, 0.717) is 5.56 Å². The van der Waals surface area contributed by atoms with E-state index in [2.05, 4.69) is 0 Å². The molecule has 0 unspecified atom stereocenters. The summed E-state index contributed by atoms with van der Waals surface area (Å²) in [6, 6.07) is 2.18. The van der Waals surface area contributed by atoms with Gasteiger partial charge in [-0.2, -0.15) is 0 Å². The van der Waals surface area contributed by atoms with Crippen molar-refractivity contribution >= 4 is 8.56 Å². The zero-order valence-corrected chi connectivity index (χ0v) is 10.3. The lowest BCUT2D eigenvalue weighted by Crippen LogP contribution is -2.39. The van der Waals surface area contributed by atoms with E-state index in [0.717, 1.165) is 12.1 Å². The van der Waals surface area contributed by atoms with Gasteiger partial charge in [-0.05, 0) is 24.2 Å². The summed E-state index contributed by atoms with van der Waals surface area (Å²) in [5, 5.41) is 0. The highest BCUT2D eigenvalue weighted by Gasteiger charge is 2.29. The minimum atomic E-state index is -2.46. The van der Waals surface area contributed by atoms with Crippen molar-refractivity contribution in [2.24, 2.45) is 0 Å². The summed E-state index contributed by atoms with van der Waals surface area (Å²) in [4.78, 5) is 0. The Morgan fingerprint density at radius 2 is 1.50 bits per heavy atom. The predicted octanol–water partition coefficient (Wildman–Crippen LogP) is 2.55. The average Bonchev–Trinajstić information content (AvgIpc) is 2.25. The number of hydrogen-bond acceptors (Lipinski definition) is 2. The standard InChI is InChI=1S/C10H13F3O2Si/c1-14-16(3,15-2)6-7-4-8(11)10(13)9(12)5-7/h4-5H,6H2,1-3H3. The molecule has 1 aromatic carbocycles. The average molecular weight is 250 g/mol. The van der Waals surface area contributed by atoms with E-state index in [9.17, 15) is 13.2 Å². The minimum absolute atomic E-state index is 0.258. The van der Waals surface area contributed by atoms with Gasteiger partial charge >= 0.3 is 8.56 Å². The molecule has 0 saturated heterocycles. The topological polar surface area (TPSA) is 18.5 Å². The van der Waals surface area contributed by atoms with Gasteiger partial charge in [-0.1, -0.05) is 0 Å². The summed E-state index contributed by atoms with van der Waals surface area (Å²) in [5.74, 6) is -3.85. The van der Waals surface area contributed by atoms with Crippen LogP contribution in [0, 0.1) is 17.5 Å². The van der Waals surface area contributed by atoms with Crippen LogP contribution < -0.4 is 0 Å². The Kier molecular flexibility index (Phi) is 4.12. The Bertz CT molecular complexity index is 357. The van der Waals surface area contributed by atoms with Crippen LogP contribution in [0.3, 0.4) is 0 Å². The van der Waals surface area contributed by atoms with Gasteiger partial charge in [-0.15, -0.1) is 0 Å². The monoisotopic (exact) mass is 250 g/mol. The lowest BCUT2D eigenvalue weighted by Gasteiger charge is -2.22. The molecule has 0 aromatic heterocycles. The molecular weight excluding hydrogens is 237 g/mol. The van der Waals surface area contributed by atoms with Crippen LogP contribution in [0.1, 0.15) is 5.56 Å². The van der Waals surface area contributed by atoms with Gasteiger partial charge in [0.25, 0.3) is 0 Å². The molecule has 1 aromatic rings. The maximum atomic E-state index is 12.9. The van der Waals surface area contributed by atoms with E-state index in [-0.39, 0.29) is 6.04 Å². The van der Waals surface area contributed by atoms with Crippen molar-refractivity contribution in [1.82, 2.24) is 0 Å². The fourth-order valence-corrected chi connectivity index (χ4v) is 2.71. The first kappa shape index (κ1) is 13.2. The number of benzene rings is 1. The Hall–Kier alpha value is -0.853. The first-order valence-electron chi connectivity index (χ1n) is 4.65. The lowest BCUT2D eigenvalue weighted by atomic mass is 10.2. The molecule has 0 bridgehead atoms. The third-order valence-corrected chi connectivity index (χ3v) is 5.21. The van der Waals surface area contributed by atoms with E-state index >= 15 is 0 Å². The second-order valence-electron chi connectivity index (χ2n) is 3.59. The highest BCUT2D eigenvalue weighted by Crippen LogP contribution is 2.18. The zero-order valence-electron chi connectivity index (χ0n) is 9.31. The Labute approximate surface area is 93.2 Å². The molecule has 0 fully saturated rings. The van der Waals surface area contributed by atoms with Crippen molar-refractivity contribution in [3.63, 3.8) is 0 Å². The predicted molar refractivity (Wildman–Crippen MR) is 55.7 cm³/mol. The lowest BCUT2D eigenvalue weighted by molar-refractivity contribution is 0.249. The molecule has 0 aliphatic rings. The quantitative estimate of drug-likeness (QED) is 0.604. The Balaban J connectivity index is 2.98. The summed E-state index contributed by atoms with van der Waals surface area (Å²) in [5.41, 5.74) is 0.328. The van der Waals surface area contributed by atoms with Gasteiger partial charge in [0.1, 0.15) is 0 Å². The molecule has 0 heterocycles. The second-order valence-corrected chi connectivity index (χ2v) is 7.03. The number of rotatable bonds is 4. The van der Waals surface area contributed by atoms with Crippen LogP contribution in [0.25, 0.3) is 0 Å². The van der Waals surface area contributed by atoms with E-state index < -0.39 is 26.0 Å². The second kappa shape index (κ2) is 4.99. The number of hydrogen-bond donors (Lipinski definition) is 0. The SMILES string of the molecule is CO[Si](C)(Cc1cc(F)c(F)c(F)c1)OC. The molecule has 0 atom stereocenters. The Morgan fingerprint density at radius 3 is 1.88 bits per heavy atom. The summed E-state index contributed by atoms with van der Waals surface area (Å²) in [6.45, 7) is 1.76. The van der Waals surface area contributed by atoms with Crippen molar-refractivity contribution in [2.45, 2.75) is 12.6 Å². The number of halogens is 3. The third kappa shape index (κ3) is 2.84. The molecule has 6 heteroatoms. The van der Waals surface area contributed by atoms with Gasteiger partial charge in [0, 0.05) is 20.3 Å². The molecule has 0 spiro atoms. The van der Waals surface area contributed by atoms with E-state index in [4.69, 9.17) is 8.85 Å². The van der Waals surface area contributed by atoms with Crippen LogP contribution in [0.2, 0.25) is 6.55 Å². The van der Waals surface area contributed by atoms with Crippen molar-refractivity contribution in [3.05, 3.63) is 35.1 Å². The molecule has 2 nitrogen and oxygen atoms in total. The van der Waals surface area contributed by atoms with Crippen LogP contribution in [0.4, 0.5) is 13.2 Å². The fraction of sp³-hybridized carbons (Fsp3) is 0.400. The van der Waals surface area contributed by atoms with Gasteiger partial charge in [0.05, 0.1) is 0 Å². The maximum absolute atomic E-state index is 12.9. The normalized spacial score (nSPS) is 11.9. The largest absolute Gasteiger partial charge is 0.398 e. The third-order valence-electron chi connectivity index (χ3n) is 2.43. The first-order chi connectivity index (χ1) is 7.41. The first-order valence-corrected chi connectivity index (χ1v) is 7.18. The fourth-order valence-electron chi connectivity index (χ4n) is 1.31.